The van der Waals surface area contributed by atoms with Crippen LogP contribution in [0.3, 0.4) is 0 Å². The molecule has 1 aromatic rings. The lowest BCUT2D eigenvalue weighted by molar-refractivity contribution is 0.119. The summed E-state index contributed by atoms with van der Waals surface area (Å²) < 4.78 is 5.21. The zero-order chi connectivity index (χ0) is 10.7. The van der Waals surface area contributed by atoms with E-state index in [0.717, 1.165) is 10.7 Å². The Morgan fingerprint density at radius 1 is 1.43 bits per heavy atom. The number of thiazole rings is 1. The number of rotatable bonds is 4. The first kappa shape index (κ1) is 11.6. The number of aromatic nitrogens is 1. The highest BCUT2D eigenvalue weighted by atomic mass is 32.1. The van der Waals surface area contributed by atoms with Crippen molar-refractivity contribution >= 4 is 11.3 Å². The van der Waals surface area contributed by atoms with E-state index in [4.69, 9.17) is 10.5 Å². The Morgan fingerprint density at radius 2 is 2.07 bits per heavy atom. The molecule has 1 heterocycles. The topological polar surface area (TPSA) is 48.1 Å². The number of ether oxygens (including phenoxy) is 1. The second kappa shape index (κ2) is 4.87. The van der Waals surface area contributed by atoms with Crippen molar-refractivity contribution < 1.29 is 4.74 Å². The first-order valence-electron chi connectivity index (χ1n) is 4.80. The summed E-state index contributed by atoms with van der Waals surface area (Å²) in [7, 11) is 1.70. The predicted octanol–water partition coefficient (Wildman–Crippen LogP) is 2.30. The lowest BCUT2D eigenvalue weighted by Gasteiger charge is -2.12. The van der Waals surface area contributed by atoms with Crippen LogP contribution < -0.4 is 5.73 Å². The van der Waals surface area contributed by atoms with Gasteiger partial charge in [0.25, 0.3) is 0 Å². The van der Waals surface area contributed by atoms with Crippen molar-refractivity contribution in [1.29, 1.82) is 0 Å². The smallest absolute Gasteiger partial charge is 0.121 e. The van der Waals surface area contributed by atoms with Crippen LogP contribution in [0.4, 0.5) is 0 Å². The molecule has 0 radical (unpaired) electrons. The molecule has 0 bridgehead atoms. The van der Waals surface area contributed by atoms with E-state index in [1.165, 1.54) is 0 Å². The molecular formula is C10H18N2OS. The molecule has 0 amide bonds. The fraction of sp³-hybridized carbons (Fsp3) is 0.700. The molecule has 4 heteroatoms. The van der Waals surface area contributed by atoms with Crippen LogP contribution in [-0.2, 0) is 4.74 Å². The molecule has 3 nitrogen and oxygen atoms in total. The predicted molar refractivity (Wildman–Crippen MR) is 59.6 cm³/mol. The normalized spacial score (nSPS) is 17.8. The average molecular weight is 214 g/mol. The Balaban J connectivity index is 2.77. The fourth-order valence-electron chi connectivity index (χ4n) is 1.07. The molecule has 3 unspecified atom stereocenters. The van der Waals surface area contributed by atoms with Crippen molar-refractivity contribution in [2.75, 3.05) is 7.11 Å². The molecule has 0 saturated heterocycles. The minimum absolute atomic E-state index is 0.0778. The summed E-state index contributed by atoms with van der Waals surface area (Å²) in [5.74, 6) is 0.309. The van der Waals surface area contributed by atoms with Gasteiger partial charge in [-0.1, -0.05) is 6.92 Å². The Bertz CT molecular complexity index is 285. The van der Waals surface area contributed by atoms with E-state index in [-0.39, 0.29) is 12.1 Å². The minimum Gasteiger partial charge on any atom is -0.375 e. The Labute approximate surface area is 89.3 Å². The van der Waals surface area contributed by atoms with Crippen LogP contribution in [0.25, 0.3) is 0 Å². The lowest BCUT2D eigenvalue weighted by atomic mass is 10.0. The number of hydrogen-bond acceptors (Lipinski definition) is 4. The summed E-state index contributed by atoms with van der Waals surface area (Å²) >= 11 is 1.64. The van der Waals surface area contributed by atoms with Crippen molar-refractivity contribution in [3.05, 3.63) is 16.1 Å². The average Bonchev–Trinajstić information content (AvgIpc) is 2.64. The second-order valence-corrected chi connectivity index (χ2v) is 4.53. The molecule has 0 fully saturated rings. The third-order valence-electron chi connectivity index (χ3n) is 2.50. The first-order valence-corrected chi connectivity index (χ1v) is 5.68. The summed E-state index contributed by atoms with van der Waals surface area (Å²) in [6.45, 7) is 6.10. The van der Waals surface area contributed by atoms with Crippen molar-refractivity contribution in [2.45, 2.75) is 38.8 Å². The van der Waals surface area contributed by atoms with Gasteiger partial charge in [-0.05, 0) is 13.8 Å². The molecule has 1 rings (SSSR count). The number of nitrogens with zero attached hydrogens (tertiary/aromatic N) is 1. The van der Waals surface area contributed by atoms with Crippen LogP contribution in [0.2, 0.25) is 0 Å². The summed E-state index contributed by atoms with van der Waals surface area (Å²) in [5, 5.41) is 3.09. The van der Waals surface area contributed by atoms with Crippen LogP contribution in [0.15, 0.2) is 5.38 Å². The molecular weight excluding hydrogens is 196 g/mol. The van der Waals surface area contributed by atoms with E-state index in [0.29, 0.717) is 5.92 Å². The van der Waals surface area contributed by atoms with Gasteiger partial charge in [-0.25, -0.2) is 4.98 Å². The van der Waals surface area contributed by atoms with E-state index in [1.807, 2.05) is 13.8 Å². The quantitative estimate of drug-likeness (QED) is 0.836. The summed E-state index contributed by atoms with van der Waals surface area (Å²) in [4.78, 5) is 4.52. The zero-order valence-corrected chi connectivity index (χ0v) is 9.97. The van der Waals surface area contributed by atoms with Crippen LogP contribution in [-0.4, -0.2) is 18.1 Å². The van der Waals surface area contributed by atoms with Gasteiger partial charge < -0.3 is 10.5 Å². The SMILES string of the molecule is COC(C)c1nc(C(C)C(C)N)cs1. The van der Waals surface area contributed by atoms with E-state index < -0.39 is 0 Å². The van der Waals surface area contributed by atoms with Crippen LogP contribution in [0.1, 0.15) is 43.5 Å². The summed E-state index contributed by atoms with van der Waals surface area (Å²) in [6, 6.07) is 0.141. The number of nitrogens with two attached hydrogens (primary N) is 1. The molecule has 0 spiro atoms. The molecule has 0 aromatic carbocycles. The minimum atomic E-state index is 0.0778. The molecule has 0 aliphatic heterocycles. The number of hydrogen-bond donors (Lipinski definition) is 1. The maximum atomic E-state index is 5.82. The van der Waals surface area contributed by atoms with Gasteiger partial charge in [0, 0.05) is 24.4 Å². The van der Waals surface area contributed by atoms with Gasteiger partial charge in [-0.15, -0.1) is 11.3 Å². The van der Waals surface area contributed by atoms with E-state index in [9.17, 15) is 0 Å². The highest BCUT2D eigenvalue weighted by Gasteiger charge is 2.16. The molecule has 3 atom stereocenters. The van der Waals surface area contributed by atoms with Gasteiger partial charge >= 0.3 is 0 Å². The van der Waals surface area contributed by atoms with E-state index in [1.54, 1.807) is 18.4 Å². The third kappa shape index (κ3) is 2.53. The van der Waals surface area contributed by atoms with Gasteiger partial charge in [0.1, 0.15) is 11.1 Å². The van der Waals surface area contributed by atoms with E-state index >= 15 is 0 Å². The van der Waals surface area contributed by atoms with Gasteiger partial charge in [-0.2, -0.15) is 0 Å². The van der Waals surface area contributed by atoms with Crippen LogP contribution in [0.5, 0.6) is 0 Å². The van der Waals surface area contributed by atoms with E-state index in [2.05, 4.69) is 17.3 Å². The largest absolute Gasteiger partial charge is 0.375 e. The number of methoxy groups -OCH3 is 1. The van der Waals surface area contributed by atoms with Gasteiger partial charge in [0.15, 0.2) is 0 Å². The van der Waals surface area contributed by atoms with Crippen LogP contribution in [0, 0.1) is 0 Å². The fourth-order valence-corrected chi connectivity index (χ4v) is 2.02. The molecule has 80 valence electrons. The zero-order valence-electron chi connectivity index (χ0n) is 9.15. The Morgan fingerprint density at radius 3 is 2.57 bits per heavy atom. The highest BCUT2D eigenvalue weighted by Crippen LogP contribution is 2.25. The Kier molecular flexibility index (Phi) is 4.04. The van der Waals surface area contributed by atoms with Crippen molar-refractivity contribution in [2.24, 2.45) is 5.73 Å². The maximum Gasteiger partial charge on any atom is 0.121 e. The molecule has 0 aliphatic carbocycles. The first-order chi connectivity index (χ1) is 6.56. The highest BCUT2D eigenvalue weighted by molar-refractivity contribution is 7.09. The maximum absolute atomic E-state index is 5.82. The van der Waals surface area contributed by atoms with Crippen molar-refractivity contribution in [3.63, 3.8) is 0 Å². The molecule has 0 saturated carbocycles. The molecule has 1 aromatic heterocycles. The summed E-state index contributed by atoms with van der Waals surface area (Å²) in [5.41, 5.74) is 6.89. The van der Waals surface area contributed by atoms with Gasteiger partial charge in [-0.3, -0.25) is 0 Å². The molecule has 14 heavy (non-hydrogen) atoms. The van der Waals surface area contributed by atoms with Crippen molar-refractivity contribution in [1.82, 2.24) is 4.98 Å². The monoisotopic (exact) mass is 214 g/mol. The molecule has 2 N–H and O–H groups in total. The lowest BCUT2D eigenvalue weighted by Crippen LogP contribution is -2.22. The standard InChI is InChI=1S/C10H18N2OS/c1-6(7(2)11)9-5-14-10(12-9)8(3)13-4/h5-8H,11H2,1-4H3. The van der Waals surface area contributed by atoms with Crippen LogP contribution >= 0.6 is 11.3 Å². The van der Waals surface area contributed by atoms with Gasteiger partial charge in [0.05, 0.1) is 5.69 Å². The molecule has 0 aliphatic rings. The van der Waals surface area contributed by atoms with Crippen molar-refractivity contribution in [3.8, 4) is 0 Å². The second-order valence-electron chi connectivity index (χ2n) is 3.64. The third-order valence-corrected chi connectivity index (χ3v) is 3.52. The Hall–Kier alpha value is -0.450. The summed E-state index contributed by atoms with van der Waals surface area (Å²) in [6.07, 6.45) is 0.0778. The van der Waals surface area contributed by atoms with Gasteiger partial charge in [0.2, 0.25) is 0 Å².